The van der Waals surface area contributed by atoms with E-state index in [4.69, 9.17) is 9.47 Å². The zero-order valence-corrected chi connectivity index (χ0v) is 23.2. The molecule has 0 radical (unpaired) electrons. The van der Waals surface area contributed by atoms with E-state index in [1.54, 1.807) is 58.9 Å². The summed E-state index contributed by atoms with van der Waals surface area (Å²) in [6.07, 6.45) is -1.22. The first-order valence-electron chi connectivity index (χ1n) is 12.9. The van der Waals surface area contributed by atoms with Gasteiger partial charge in [-0.15, -0.1) is 0 Å². The Morgan fingerprint density at radius 2 is 1.95 bits per heavy atom. The van der Waals surface area contributed by atoms with Gasteiger partial charge in [0, 0.05) is 24.2 Å². The highest BCUT2D eigenvalue weighted by Crippen LogP contribution is 2.29. The van der Waals surface area contributed by atoms with E-state index >= 15 is 0 Å². The summed E-state index contributed by atoms with van der Waals surface area (Å²) in [5, 5.41) is 23.2. The van der Waals surface area contributed by atoms with Crippen LogP contribution in [0.25, 0.3) is 11.4 Å². The van der Waals surface area contributed by atoms with Gasteiger partial charge in [-0.1, -0.05) is 12.1 Å². The van der Waals surface area contributed by atoms with E-state index in [1.807, 2.05) is 18.2 Å². The first kappa shape index (κ1) is 28.7. The van der Waals surface area contributed by atoms with Gasteiger partial charge in [-0.2, -0.15) is 10.2 Å². The summed E-state index contributed by atoms with van der Waals surface area (Å²) in [5.41, 5.74) is 0.500. The Morgan fingerprint density at radius 3 is 2.62 bits per heavy atom. The smallest absolute Gasteiger partial charge is 0.410 e. The zero-order chi connectivity index (χ0) is 29.1. The van der Waals surface area contributed by atoms with E-state index in [9.17, 15) is 19.6 Å². The number of aliphatic hydroxyl groups is 1. The Morgan fingerprint density at radius 1 is 1.18 bits per heavy atom. The van der Waals surface area contributed by atoms with Gasteiger partial charge in [0.25, 0.3) is 0 Å². The molecule has 0 bridgehead atoms. The SMILES string of the molecule is CC(C)(C)OC(=O)N1CC[C@H](Oc2ccc(-c3ncnc(Nc4cccc(C(C)(C)O)c4)n3)cc2C#N)[C@H](F)C1. The Balaban J connectivity index is 1.46. The maximum absolute atomic E-state index is 15.0. The number of nitriles is 1. The fraction of sp³-hybridized carbons (Fsp3) is 0.414. The van der Waals surface area contributed by atoms with Crippen molar-refractivity contribution in [3.8, 4) is 23.2 Å². The van der Waals surface area contributed by atoms with Crippen LogP contribution in [0.15, 0.2) is 48.8 Å². The molecular weight excluding hydrogens is 515 g/mol. The molecule has 1 saturated heterocycles. The van der Waals surface area contributed by atoms with Crippen LogP contribution in [0.4, 0.5) is 20.8 Å². The third kappa shape index (κ3) is 7.21. The van der Waals surface area contributed by atoms with Gasteiger partial charge in [0.1, 0.15) is 29.9 Å². The van der Waals surface area contributed by atoms with Gasteiger partial charge >= 0.3 is 6.09 Å². The number of nitrogens with zero attached hydrogens (tertiary/aromatic N) is 5. The van der Waals surface area contributed by atoms with Crippen LogP contribution in [0.2, 0.25) is 0 Å². The standard InChI is InChI=1S/C29H33FN6O4/c1-28(2,3)40-27(37)36-12-11-24(22(30)16-36)39-23-10-9-18(13-19(23)15-31)25-32-17-33-26(35-25)34-21-8-6-7-20(14-21)29(4,5)38/h6-10,13-14,17,22,24,38H,11-12,16H2,1-5H3,(H,32,33,34,35)/t22-,24+/m1/s1. The number of hydrogen-bond acceptors (Lipinski definition) is 9. The fourth-order valence-corrected chi connectivity index (χ4v) is 4.13. The third-order valence-corrected chi connectivity index (χ3v) is 6.17. The van der Waals surface area contributed by atoms with Crippen LogP contribution in [0.3, 0.4) is 0 Å². The zero-order valence-electron chi connectivity index (χ0n) is 23.2. The van der Waals surface area contributed by atoms with Crippen molar-refractivity contribution in [1.82, 2.24) is 19.9 Å². The van der Waals surface area contributed by atoms with E-state index < -0.39 is 29.6 Å². The maximum Gasteiger partial charge on any atom is 0.410 e. The Bertz CT molecular complexity index is 1410. The van der Waals surface area contributed by atoms with E-state index in [0.29, 0.717) is 17.1 Å². The molecule has 0 spiro atoms. The lowest BCUT2D eigenvalue weighted by Gasteiger charge is -2.35. The molecule has 40 heavy (non-hydrogen) atoms. The van der Waals surface area contributed by atoms with Gasteiger partial charge in [-0.3, -0.25) is 0 Å². The summed E-state index contributed by atoms with van der Waals surface area (Å²) >= 11 is 0. The summed E-state index contributed by atoms with van der Waals surface area (Å²) < 4.78 is 26.2. The first-order chi connectivity index (χ1) is 18.8. The topological polar surface area (TPSA) is 133 Å². The molecule has 0 unspecified atom stereocenters. The second kappa shape index (κ2) is 11.4. The van der Waals surface area contributed by atoms with Gasteiger partial charge < -0.3 is 24.8 Å². The normalized spacial score (nSPS) is 17.6. The lowest BCUT2D eigenvalue weighted by atomic mass is 9.98. The number of carbonyl (C=O) groups is 1. The first-order valence-corrected chi connectivity index (χ1v) is 12.9. The van der Waals surface area contributed by atoms with Crippen LogP contribution >= 0.6 is 0 Å². The molecule has 2 N–H and O–H groups in total. The maximum atomic E-state index is 15.0. The number of alkyl halides is 1. The summed E-state index contributed by atoms with van der Waals surface area (Å²) in [4.78, 5) is 26.5. The van der Waals surface area contributed by atoms with Gasteiger partial charge in [-0.25, -0.2) is 19.2 Å². The number of piperidine rings is 1. The molecule has 4 rings (SSSR count). The molecule has 2 heterocycles. The molecule has 10 nitrogen and oxygen atoms in total. The van der Waals surface area contributed by atoms with Crippen molar-refractivity contribution in [2.45, 2.75) is 64.5 Å². The second-order valence-corrected chi connectivity index (χ2v) is 11.1. The van der Waals surface area contributed by atoms with E-state index in [2.05, 4.69) is 26.3 Å². The van der Waals surface area contributed by atoms with Crippen molar-refractivity contribution < 1.29 is 23.8 Å². The average Bonchev–Trinajstić information content (AvgIpc) is 2.89. The predicted molar refractivity (Wildman–Crippen MR) is 147 cm³/mol. The molecule has 2 aromatic carbocycles. The van der Waals surface area contributed by atoms with Crippen LogP contribution in [0, 0.1) is 11.3 Å². The molecule has 1 aromatic heterocycles. The minimum absolute atomic E-state index is 0.154. The highest BCUT2D eigenvalue weighted by Gasteiger charge is 2.35. The van der Waals surface area contributed by atoms with E-state index in [1.165, 1.54) is 11.2 Å². The summed E-state index contributed by atoms with van der Waals surface area (Å²) in [6.45, 7) is 8.80. The van der Waals surface area contributed by atoms with E-state index in [-0.39, 0.29) is 36.8 Å². The van der Waals surface area contributed by atoms with Crippen LogP contribution in [0.1, 0.15) is 52.2 Å². The number of likely N-dealkylation sites (tertiary alicyclic amines) is 1. The number of aromatic nitrogens is 3. The van der Waals surface area contributed by atoms with Crippen LogP contribution in [-0.2, 0) is 10.3 Å². The third-order valence-electron chi connectivity index (χ3n) is 6.17. The number of benzene rings is 2. The van der Waals surface area contributed by atoms with Gasteiger partial charge in [-0.05, 0) is 70.5 Å². The molecular formula is C29H33FN6O4. The van der Waals surface area contributed by atoms with Crippen molar-refractivity contribution in [2.75, 3.05) is 18.4 Å². The molecule has 11 heteroatoms. The molecule has 1 amide bonds. The minimum atomic E-state index is -1.44. The fourth-order valence-electron chi connectivity index (χ4n) is 4.13. The largest absolute Gasteiger partial charge is 0.486 e. The second-order valence-electron chi connectivity index (χ2n) is 11.1. The Kier molecular flexibility index (Phi) is 8.21. The number of anilines is 2. The van der Waals surface area contributed by atoms with Crippen LogP contribution < -0.4 is 10.1 Å². The number of hydrogen-bond donors (Lipinski definition) is 2. The van der Waals surface area contributed by atoms with Crippen molar-refractivity contribution in [3.05, 3.63) is 59.9 Å². The number of halogens is 1. The molecule has 0 saturated carbocycles. The predicted octanol–water partition coefficient (Wildman–Crippen LogP) is 5.11. The number of rotatable bonds is 6. The molecule has 1 aliphatic heterocycles. The molecule has 1 fully saturated rings. The highest BCUT2D eigenvalue weighted by atomic mass is 19.1. The van der Waals surface area contributed by atoms with Crippen molar-refractivity contribution in [3.63, 3.8) is 0 Å². The average molecular weight is 549 g/mol. The quantitative estimate of drug-likeness (QED) is 0.431. The molecule has 1 aliphatic rings. The lowest BCUT2D eigenvalue weighted by Crippen LogP contribution is -2.50. The molecule has 2 atom stereocenters. The van der Waals surface area contributed by atoms with Crippen molar-refractivity contribution in [1.29, 1.82) is 5.26 Å². The molecule has 3 aromatic rings. The summed E-state index contributed by atoms with van der Waals surface area (Å²) in [5.74, 6) is 0.849. The highest BCUT2D eigenvalue weighted by molar-refractivity contribution is 5.68. The van der Waals surface area contributed by atoms with Crippen molar-refractivity contribution >= 4 is 17.7 Å². The van der Waals surface area contributed by atoms with Gasteiger partial charge in [0.2, 0.25) is 5.95 Å². The van der Waals surface area contributed by atoms with Gasteiger partial charge in [0.15, 0.2) is 12.0 Å². The lowest BCUT2D eigenvalue weighted by molar-refractivity contribution is -0.0106. The van der Waals surface area contributed by atoms with Crippen LogP contribution in [-0.4, -0.2) is 62.0 Å². The van der Waals surface area contributed by atoms with Crippen molar-refractivity contribution in [2.24, 2.45) is 0 Å². The van der Waals surface area contributed by atoms with E-state index in [0.717, 1.165) is 5.56 Å². The molecule has 0 aliphatic carbocycles. The monoisotopic (exact) mass is 548 g/mol. The van der Waals surface area contributed by atoms with Crippen LogP contribution in [0.5, 0.6) is 5.75 Å². The Labute approximate surface area is 232 Å². The number of nitrogens with one attached hydrogen (secondary N) is 1. The minimum Gasteiger partial charge on any atom is -0.486 e. The summed E-state index contributed by atoms with van der Waals surface area (Å²) in [7, 11) is 0. The number of ether oxygens (including phenoxy) is 2. The van der Waals surface area contributed by atoms with Gasteiger partial charge in [0.05, 0.1) is 17.7 Å². The summed E-state index contributed by atoms with van der Waals surface area (Å²) in [6, 6.07) is 14.2. The molecule has 210 valence electrons. The Hall–Kier alpha value is -4.30. The number of carbonyl (C=O) groups excluding carboxylic acids is 1. The number of amides is 1.